The van der Waals surface area contributed by atoms with Gasteiger partial charge in [0.15, 0.2) is 6.10 Å². The molecule has 2 aromatic rings. The maximum absolute atomic E-state index is 12.5. The number of aliphatic hydroxyl groups is 1. The van der Waals surface area contributed by atoms with Gasteiger partial charge in [0.1, 0.15) is 5.41 Å². The van der Waals surface area contributed by atoms with Crippen LogP contribution in [-0.2, 0) is 27.3 Å². The molecule has 154 valence electrons. The Kier molecular flexibility index (Phi) is 7.44. The lowest BCUT2D eigenvalue weighted by atomic mass is 9.91. The van der Waals surface area contributed by atoms with Gasteiger partial charge in [0, 0.05) is 6.20 Å². The number of carbonyl (C=O) groups is 3. The minimum atomic E-state index is -1.71. The summed E-state index contributed by atoms with van der Waals surface area (Å²) in [5, 5.41) is 24.9. The summed E-state index contributed by atoms with van der Waals surface area (Å²) in [6.45, 7) is 2.64. The molecule has 1 heterocycles. The monoisotopic (exact) mass is 399 g/mol. The topological polar surface area (TPSA) is 129 Å². The Hall–Kier alpha value is -3.26. The molecule has 8 heteroatoms. The van der Waals surface area contributed by atoms with Gasteiger partial charge in [0.05, 0.1) is 18.3 Å². The number of pyridine rings is 1. The number of carboxylic acid groups (broad SMARTS) is 1. The van der Waals surface area contributed by atoms with E-state index in [1.165, 1.54) is 13.8 Å². The first-order chi connectivity index (χ1) is 13.7. The van der Waals surface area contributed by atoms with E-state index in [2.05, 4.69) is 15.6 Å². The Morgan fingerprint density at radius 2 is 1.72 bits per heavy atom. The molecular formula is C21H25N3O5. The van der Waals surface area contributed by atoms with Crippen molar-refractivity contribution in [2.45, 2.75) is 39.0 Å². The molecule has 0 aliphatic heterocycles. The third-order valence-corrected chi connectivity index (χ3v) is 4.54. The molecule has 29 heavy (non-hydrogen) atoms. The number of benzene rings is 1. The summed E-state index contributed by atoms with van der Waals surface area (Å²) in [6, 6.07) is 13.2. The number of carbonyl (C=O) groups excluding carboxylic acids is 2. The van der Waals surface area contributed by atoms with Crippen molar-refractivity contribution in [1.82, 2.24) is 15.6 Å². The van der Waals surface area contributed by atoms with Gasteiger partial charge in [-0.15, -0.1) is 0 Å². The van der Waals surface area contributed by atoms with Crippen LogP contribution in [-0.4, -0.2) is 45.1 Å². The van der Waals surface area contributed by atoms with E-state index in [9.17, 15) is 24.6 Å². The highest BCUT2D eigenvalue weighted by Gasteiger charge is 2.39. The van der Waals surface area contributed by atoms with Gasteiger partial charge in [-0.1, -0.05) is 36.4 Å². The SMILES string of the molecule is CC(C)(C(=O)O)C(=O)N[C@H](Cc1ccccc1)[C@H](O)C(=O)NCc1ccccn1. The van der Waals surface area contributed by atoms with E-state index < -0.39 is 35.3 Å². The van der Waals surface area contributed by atoms with Crippen LogP contribution in [0.2, 0.25) is 0 Å². The minimum Gasteiger partial charge on any atom is -0.480 e. The Bertz CT molecular complexity index is 840. The van der Waals surface area contributed by atoms with E-state index >= 15 is 0 Å². The molecule has 0 unspecified atom stereocenters. The molecule has 2 rings (SSSR count). The molecule has 1 aromatic heterocycles. The van der Waals surface area contributed by atoms with Crippen LogP contribution in [0.15, 0.2) is 54.7 Å². The molecule has 0 saturated carbocycles. The van der Waals surface area contributed by atoms with Gasteiger partial charge in [-0.25, -0.2) is 0 Å². The second-order valence-corrected chi connectivity index (χ2v) is 7.18. The van der Waals surface area contributed by atoms with Crippen LogP contribution < -0.4 is 10.6 Å². The van der Waals surface area contributed by atoms with Crippen molar-refractivity contribution in [2.24, 2.45) is 5.41 Å². The predicted octanol–water partition coefficient (Wildman–Crippen LogP) is 0.897. The Morgan fingerprint density at radius 3 is 2.31 bits per heavy atom. The van der Waals surface area contributed by atoms with E-state index in [4.69, 9.17) is 0 Å². The Morgan fingerprint density at radius 1 is 1.07 bits per heavy atom. The molecule has 0 spiro atoms. The fourth-order valence-electron chi connectivity index (χ4n) is 2.52. The standard InChI is InChI=1S/C21H25N3O5/c1-21(2,20(28)29)19(27)24-16(12-14-8-4-3-5-9-14)17(25)18(26)23-13-15-10-6-7-11-22-15/h3-11,16-17,25H,12-13H2,1-2H3,(H,23,26)(H,24,27)(H,28,29)/t16-,17+/m1/s1. The van der Waals surface area contributed by atoms with Crippen LogP contribution in [0.3, 0.4) is 0 Å². The van der Waals surface area contributed by atoms with Crippen molar-refractivity contribution >= 4 is 17.8 Å². The van der Waals surface area contributed by atoms with Gasteiger partial charge in [0.2, 0.25) is 5.91 Å². The van der Waals surface area contributed by atoms with Crippen LogP contribution >= 0.6 is 0 Å². The number of nitrogens with one attached hydrogen (secondary N) is 2. The molecule has 1 aromatic carbocycles. The van der Waals surface area contributed by atoms with Crippen molar-refractivity contribution in [3.63, 3.8) is 0 Å². The summed E-state index contributed by atoms with van der Waals surface area (Å²) in [4.78, 5) is 40.4. The first-order valence-corrected chi connectivity index (χ1v) is 9.15. The van der Waals surface area contributed by atoms with Gasteiger partial charge >= 0.3 is 5.97 Å². The smallest absolute Gasteiger partial charge is 0.318 e. The quantitative estimate of drug-likeness (QED) is 0.464. The fraction of sp³-hybridized carbons (Fsp3) is 0.333. The first kappa shape index (κ1) is 22.0. The molecule has 0 aliphatic carbocycles. The van der Waals surface area contributed by atoms with Crippen molar-refractivity contribution in [3.05, 3.63) is 66.0 Å². The van der Waals surface area contributed by atoms with Gasteiger partial charge in [-0.2, -0.15) is 0 Å². The third kappa shape index (κ3) is 6.11. The molecule has 4 N–H and O–H groups in total. The highest BCUT2D eigenvalue weighted by molar-refractivity contribution is 6.01. The molecule has 2 atom stereocenters. The zero-order valence-corrected chi connectivity index (χ0v) is 16.3. The van der Waals surface area contributed by atoms with Crippen LogP contribution in [0.4, 0.5) is 0 Å². The molecule has 0 radical (unpaired) electrons. The summed E-state index contributed by atoms with van der Waals surface area (Å²) < 4.78 is 0. The van der Waals surface area contributed by atoms with E-state index in [0.29, 0.717) is 5.69 Å². The summed E-state index contributed by atoms with van der Waals surface area (Å²) in [5.74, 6) is -2.78. The van der Waals surface area contributed by atoms with E-state index in [0.717, 1.165) is 5.56 Å². The second-order valence-electron chi connectivity index (χ2n) is 7.18. The van der Waals surface area contributed by atoms with Gasteiger partial charge in [-0.3, -0.25) is 19.4 Å². The highest BCUT2D eigenvalue weighted by atomic mass is 16.4. The maximum atomic E-state index is 12.5. The largest absolute Gasteiger partial charge is 0.480 e. The Labute approximate surface area is 169 Å². The number of aromatic nitrogens is 1. The van der Waals surface area contributed by atoms with Crippen molar-refractivity contribution < 1.29 is 24.6 Å². The van der Waals surface area contributed by atoms with Gasteiger partial charge in [0.25, 0.3) is 5.91 Å². The molecule has 0 saturated heterocycles. The lowest BCUT2D eigenvalue weighted by molar-refractivity contribution is -0.154. The summed E-state index contributed by atoms with van der Waals surface area (Å²) in [6.07, 6.45) is 0.164. The molecule has 8 nitrogen and oxygen atoms in total. The van der Waals surface area contributed by atoms with Crippen molar-refractivity contribution in [2.75, 3.05) is 0 Å². The first-order valence-electron chi connectivity index (χ1n) is 9.15. The second kappa shape index (κ2) is 9.79. The van der Waals surface area contributed by atoms with Crippen LogP contribution in [0, 0.1) is 5.41 Å². The van der Waals surface area contributed by atoms with E-state index in [1.54, 1.807) is 48.7 Å². The van der Waals surface area contributed by atoms with Gasteiger partial charge < -0.3 is 20.8 Å². The zero-order chi connectivity index (χ0) is 21.4. The summed E-state index contributed by atoms with van der Waals surface area (Å²) in [5.41, 5.74) is -0.315. The summed E-state index contributed by atoms with van der Waals surface area (Å²) >= 11 is 0. The lowest BCUT2D eigenvalue weighted by Crippen LogP contribution is -2.55. The van der Waals surface area contributed by atoms with Crippen molar-refractivity contribution in [1.29, 1.82) is 0 Å². The third-order valence-electron chi connectivity index (χ3n) is 4.54. The molecule has 0 bridgehead atoms. The molecule has 0 fully saturated rings. The number of nitrogens with zero attached hydrogens (tertiary/aromatic N) is 1. The number of hydrogen-bond donors (Lipinski definition) is 4. The number of rotatable bonds is 9. The van der Waals surface area contributed by atoms with Gasteiger partial charge in [-0.05, 0) is 38.0 Å². The highest BCUT2D eigenvalue weighted by Crippen LogP contribution is 2.17. The molecule has 0 aliphatic rings. The summed E-state index contributed by atoms with van der Waals surface area (Å²) in [7, 11) is 0. The normalized spacial score (nSPS) is 13.2. The number of amides is 2. The lowest BCUT2D eigenvalue weighted by Gasteiger charge is -2.27. The number of hydrogen-bond acceptors (Lipinski definition) is 5. The minimum absolute atomic E-state index is 0.114. The van der Waals surface area contributed by atoms with Crippen LogP contribution in [0.25, 0.3) is 0 Å². The number of aliphatic hydroxyl groups excluding tert-OH is 1. The van der Waals surface area contributed by atoms with Crippen LogP contribution in [0.5, 0.6) is 0 Å². The van der Waals surface area contributed by atoms with E-state index in [-0.39, 0.29) is 13.0 Å². The fourth-order valence-corrected chi connectivity index (χ4v) is 2.52. The Balaban J connectivity index is 2.13. The number of carboxylic acids is 1. The van der Waals surface area contributed by atoms with Crippen molar-refractivity contribution in [3.8, 4) is 0 Å². The molecular weight excluding hydrogens is 374 g/mol. The predicted molar refractivity (Wildman–Crippen MR) is 106 cm³/mol. The average molecular weight is 399 g/mol. The average Bonchev–Trinajstić information content (AvgIpc) is 2.72. The number of aliphatic carboxylic acids is 1. The van der Waals surface area contributed by atoms with Crippen LogP contribution in [0.1, 0.15) is 25.1 Å². The van der Waals surface area contributed by atoms with E-state index in [1.807, 2.05) is 6.07 Å². The molecule has 2 amide bonds. The zero-order valence-electron chi connectivity index (χ0n) is 16.3. The maximum Gasteiger partial charge on any atom is 0.318 e.